The van der Waals surface area contributed by atoms with E-state index in [9.17, 15) is 0 Å². The Morgan fingerprint density at radius 1 is 1.38 bits per heavy atom. The molecular formula is C13H19NO2. The third kappa shape index (κ3) is 2.54. The minimum atomic E-state index is 0.112. The van der Waals surface area contributed by atoms with Crippen LogP contribution in [-0.2, 0) is 11.3 Å². The maximum atomic E-state index is 8.99. The summed E-state index contributed by atoms with van der Waals surface area (Å²) in [5.41, 5.74) is 2.18. The molecule has 1 aromatic carbocycles. The zero-order chi connectivity index (χ0) is 11.4. The number of benzene rings is 1. The highest BCUT2D eigenvalue weighted by Gasteiger charge is 2.19. The molecule has 16 heavy (non-hydrogen) atoms. The number of piperidine rings is 1. The Morgan fingerprint density at radius 2 is 2.12 bits per heavy atom. The van der Waals surface area contributed by atoms with E-state index >= 15 is 0 Å². The molecule has 0 bridgehead atoms. The van der Waals surface area contributed by atoms with Crippen molar-refractivity contribution in [3.8, 4) is 0 Å². The van der Waals surface area contributed by atoms with Crippen molar-refractivity contribution in [1.82, 2.24) is 0 Å². The average Bonchev–Trinajstić information content (AvgIpc) is 2.39. The Morgan fingerprint density at radius 3 is 2.75 bits per heavy atom. The Bertz CT molecular complexity index is 323. The lowest BCUT2D eigenvalue weighted by Crippen LogP contribution is -2.39. The van der Waals surface area contributed by atoms with Crippen LogP contribution >= 0.6 is 0 Å². The first kappa shape index (κ1) is 11.4. The van der Waals surface area contributed by atoms with Gasteiger partial charge in [-0.25, -0.2) is 0 Å². The van der Waals surface area contributed by atoms with Crippen LogP contribution in [0.2, 0.25) is 0 Å². The van der Waals surface area contributed by atoms with Crippen LogP contribution in [0.3, 0.4) is 0 Å². The predicted octanol–water partition coefficient (Wildman–Crippen LogP) is 1.79. The Kier molecular flexibility index (Phi) is 3.80. The van der Waals surface area contributed by atoms with Crippen molar-refractivity contribution in [2.75, 3.05) is 25.1 Å². The van der Waals surface area contributed by atoms with Crippen LogP contribution in [0.5, 0.6) is 0 Å². The minimum absolute atomic E-state index is 0.112. The van der Waals surface area contributed by atoms with Gasteiger partial charge in [0.15, 0.2) is 0 Å². The van der Waals surface area contributed by atoms with Crippen molar-refractivity contribution in [3.05, 3.63) is 29.8 Å². The highest BCUT2D eigenvalue weighted by atomic mass is 16.5. The zero-order valence-corrected chi connectivity index (χ0v) is 9.72. The van der Waals surface area contributed by atoms with Gasteiger partial charge in [0.1, 0.15) is 0 Å². The number of anilines is 1. The molecular weight excluding hydrogens is 202 g/mol. The molecule has 0 spiro atoms. The average molecular weight is 221 g/mol. The van der Waals surface area contributed by atoms with Gasteiger partial charge in [0.05, 0.1) is 12.7 Å². The molecule has 1 saturated heterocycles. The highest BCUT2D eigenvalue weighted by Crippen LogP contribution is 2.21. The molecule has 0 aliphatic carbocycles. The minimum Gasteiger partial charge on any atom is -0.392 e. The summed E-state index contributed by atoms with van der Waals surface area (Å²) in [5.74, 6) is 0. The molecule has 1 heterocycles. The van der Waals surface area contributed by atoms with Crippen molar-refractivity contribution in [3.63, 3.8) is 0 Å². The standard InChI is InChI=1S/C13H19NO2/c1-16-13-3-2-8-14(9-13)12-6-4-11(10-15)5-7-12/h4-7,13,15H,2-3,8-10H2,1H3. The second-order valence-electron chi connectivity index (χ2n) is 4.27. The first-order valence-corrected chi connectivity index (χ1v) is 5.81. The van der Waals surface area contributed by atoms with Gasteiger partial charge in [-0.15, -0.1) is 0 Å². The van der Waals surface area contributed by atoms with Gasteiger partial charge in [-0.05, 0) is 30.5 Å². The van der Waals surface area contributed by atoms with Crippen molar-refractivity contribution in [2.45, 2.75) is 25.6 Å². The normalized spacial score (nSPS) is 21.1. The fourth-order valence-corrected chi connectivity index (χ4v) is 2.18. The summed E-state index contributed by atoms with van der Waals surface area (Å²) in [6, 6.07) is 8.10. The smallest absolute Gasteiger partial charge is 0.0746 e. The molecule has 0 saturated carbocycles. The van der Waals surface area contributed by atoms with Gasteiger partial charge in [0, 0.05) is 25.9 Å². The monoisotopic (exact) mass is 221 g/mol. The molecule has 1 unspecified atom stereocenters. The third-order valence-corrected chi connectivity index (χ3v) is 3.20. The molecule has 3 heteroatoms. The lowest BCUT2D eigenvalue weighted by molar-refractivity contribution is 0.0893. The van der Waals surface area contributed by atoms with Gasteiger partial charge in [0.2, 0.25) is 0 Å². The van der Waals surface area contributed by atoms with E-state index in [1.165, 1.54) is 12.1 Å². The maximum absolute atomic E-state index is 8.99. The van der Waals surface area contributed by atoms with Gasteiger partial charge in [-0.2, -0.15) is 0 Å². The molecule has 0 aromatic heterocycles. The molecule has 0 radical (unpaired) electrons. The van der Waals surface area contributed by atoms with Crippen LogP contribution in [0.25, 0.3) is 0 Å². The fraction of sp³-hybridized carbons (Fsp3) is 0.538. The largest absolute Gasteiger partial charge is 0.392 e. The number of rotatable bonds is 3. The van der Waals surface area contributed by atoms with E-state index in [2.05, 4.69) is 17.0 Å². The summed E-state index contributed by atoms with van der Waals surface area (Å²) in [5, 5.41) is 8.99. The Balaban J connectivity index is 2.05. The molecule has 1 aliphatic heterocycles. The van der Waals surface area contributed by atoms with Crippen molar-refractivity contribution in [2.24, 2.45) is 0 Å². The Labute approximate surface area is 96.6 Å². The lowest BCUT2D eigenvalue weighted by Gasteiger charge is -2.33. The summed E-state index contributed by atoms with van der Waals surface area (Å²) < 4.78 is 5.41. The molecule has 2 rings (SSSR count). The van der Waals surface area contributed by atoms with Crippen LogP contribution in [0.1, 0.15) is 18.4 Å². The number of ether oxygens (including phenoxy) is 1. The number of aliphatic hydroxyl groups excluding tert-OH is 1. The van der Waals surface area contributed by atoms with E-state index in [4.69, 9.17) is 9.84 Å². The molecule has 88 valence electrons. The molecule has 0 amide bonds. The SMILES string of the molecule is COC1CCCN(c2ccc(CO)cc2)C1. The molecule has 1 atom stereocenters. The second kappa shape index (κ2) is 5.32. The van der Waals surface area contributed by atoms with E-state index < -0.39 is 0 Å². The highest BCUT2D eigenvalue weighted by molar-refractivity contribution is 5.48. The molecule has 1 N–H and O–H groups in total. The number of nitrogens with zero attached hydrogens (tertiary/aromatic N) is 1. The molecule has 1 fully saturated rings. The molecule has 1 aromatic rings. The van der Waals surface area contributed by atoms with E-state index in [1.54, 1.807) is 7.11 Å². The van der Waals surface area contributed by atoms with E-state index in [1.807, 2.05) is 12.1 Å². The second-order valence-corrected chi connectivity index (χ2v) is 4.27. The number of hydrogen-bond acceptors (Lipinski definition) is 3. The van der Waals surface area contributed by atoms with Crippen LogP contribution in [-0.4, -0.2) is 31.4 Å². The lowest BCUT2D eigenvalue weighted by atomic mass is 10.1. The predicted molar refractivity (Wildman–Crippen MR) is 64.6 cm³/mol. The van der Waals surface area contributed by atoms with E-state index in [0.717, 1.165) is 25.1 Å². The van der Waals surface area contributed by atoms with Crippen LogP contribution < -0.4 is 4.90 Å². The van der Waals surface area contributed by atoms with Gasteiger partial charge in [-0.1, -0.05) is 12.1 Å². The van der Waals surface area contributed by atoms with Crippen LogP contribution in [0, 0.1) is 0 Å². The van der Waals surface area contributed by atoms with Crippen molar-refractivity contribution < 1.29 is 9.84 Å². The van der Waals surface area contributed by atoms with Gasteiger partial charge in [-0.3, -0.25) is 0 Å². The first-order valence-electron chi connectivity index (χ1n) is 5.81. The van der Waals surface area contributed by atoms with Crippen molar-refractivity contribution in [1.29, 1.82) is 0 Å². The summed E-state index contributed by atoms with van der Waals surface area (Å²) in [7, 11) is 1.78. The van der Waals surface area contributed by atoms with E-state index in [-0.39, 0.29) is 6.61 Å². The van der Waals surface area contributed by atoms with E-state index in [0.29, 0.717) is 6.10 Å². The third-order valence-electron chi connectivity index (χ3n) is 3.20. The summed E-state index contributed by atoms with van der Waals surface area (Å²) in [6.45, 7) is 2.17. The van der Waals surface area contributed by atoms with Crippen LogP contribution in [0.4, 0.5) is 5.69 Å². The summed E-state index contributed by atoms with van der Waals surface area (Å²) in [4.78, 5) is 2.35. The fourth-order valence-electron chi connectivity index (χ4n) is 2.18. The Hall–Kier alpha value is -1.06. The van der Waals surface area contributed by atoms with Gasteiger partial charge < -0.3 is 14.7 Å². The number of aliphatic hydroxyl groups is 1. The molecule has 1 aliphatic rings. The summed E-state index contributed by atoms with van der Waals surface area (Å²) >= 11 is 0. The zero-order valence-electron chi connectivity index (χ0n) is 9.72. The van der Waals surface area contributed by atoms with Crippen LogP contribution in [0.15, 0.2) is 24.3 Å². The maximum Gasteiger partial charge on any atom is 0.0746 e. The first-order chi connectivity index (χ1) is 7.83. The summed E-state index contributed by atoms with van der Waals surface area (Å²) in [6.07, 6.45) is 2.69. The van der Waals surface area contributed by atoms with Crippen molar-refractivity contribution >= 4 is 5.69 Å². The number of methoxy groups -OCH3 is 1. The molecule has 3 nitrogen and oxygen atoms in total. The van der Waals surface area contributed by atoms with Gasteiger partial charge >= 0.3 is 0 Å². The number of hydrogen-bond donors (Lipinski definition) is 1. The topological polar surface area (TPSA) is 32.7 Å². The van der Waals surface area contributed by atoms with Gasteiger partial charge in [0.25, 0.3) is 0 Å². The quantitative estimate of drug-likeness (QED) is 0.844.